The third-order valence-corrected chi connectivity index (χ3v) is 2.81. The average Bonchev–Trinajstić information content (AvgIpc) is 2.78. The molecular weight excluding hydrogens is 304 g/mol. The van der Waals surface area contributed by atoms with Crippen LogP contribution in [-0.2, 0) is 0 Å². The first-order valence-corrected chi connectivity index (χ1v) is 5.83. The van der Waals surface area contributed by atoms with Crippen LogP contribution in [0.3, 0.4) is 0 Å². The number of aliphatic hydroxyl groups excluding tert-OH is 1. The molecule has 0 bridgehead atoms. The van der Waals surface area contributed by atoms with Crippen molar-refractivity contribution in [1.29, 1.82) is 0 Å². The zero-order valence-electron chi connectivity index (χ0n) is 9.32. The Labute approximate surface area is 110 Å². The molecule has 7 nitrogen and oxygen atoms in total. The van der Waals surface area contributed by atoms with Gasteiger partial charge < -0.3 is 5.11 Å². The second-order valence-corrected chi connectivity index (χ2v) is 4.57. The molecule has 1 aromatic carbocycles. The highest BCUT2D eigenvalue weighted by Gasteiger charge is 2.18. The van der Waals surface area contributed by atoms with Crippen molar-refractivity contribution in [1.82, 2.24) is 15.0 Å². The Bertz CT molecular complexity index is 597. The molecular formula is C10H9BrN4O3. The second kappa shape index (κ2) is 4.83. The lowest BCUT2D eigenvalue weighted by Crippen LogP contribution is -2.00. The standard InChI is InChI=1S/C10H9BrN4O3/c1-6(16)8-5-14(13-12-8)9-3-2-7(11)4-10(9)15(17)18/h2-6,16H,1H3. The van der Waals surface area contributed by atoms with Crippen LogP contribution < -0.4 is 0 Å². The lowest BCUT2D eigenvalue weighted by Gasteiger charge is -2.02. The summed E-state index contributed by atoms with van der Waals surface area (Å²) >= 11 is 3.18. The van der Waals surface area contributed by atoms with Crippen LogP contribution in [0, 0.1) is 10.1 Å². The number of rotatable bonds is 3. The third kappa shape index (κ3) is 2.39. The van der Waals surface area contributed by atoms with E-state index in [4.69, 9.17) is 0 Å². The quantitative estimate of drug-likeness (QED) is 0.691. The van der Waals surface area contributed by atoms with Crippen LogP contribution in [-0.4, -0.2) is 25.0 Å². The molecule has 0 amide bonds. The van der Waals surface area contributed by atoms with E-state index in [9.17, 15) is 15.2 Å². The van der Waals surface area contributed by atoms with Gasteiger partial charge in [-0.3, -0.25) is 10.1 Å². The van der Waals surface area contributed by atoms with Gasteiger partial charge in [0.2, 0.25) is 0 Å². The van der Waals surface area contributed by atoms with E-state index in [0.29, 0.717) is 15.9 Å². The first kappa shape index (κ1) is 12.7. The molecule has 0 aliphatic carbocycles. The molecule has 2 aromatic rings. The molecule has 0 saturated carbocycles. The molecule has 1 heterocycles. The minimum atomic E-state index is -0.770. The summed E-state index contributed by atoms with van der Waals surface area (Å²) in [6, 6.07) is 4.62. The maximum absolute atomic E-state index is 11.0. The van der Waals surface area contributed by atoms with Gasteiger partial charge in [-0.25, -0.2) is 4.68 Å². The Morgan fingerprint density at radius 2 is 2.28 bits per heavy atom. The number of aromatic nitrogens is 3. The van der Waals surface area contributed by atoms with Crippen LogP contribution in [0.25, 0.3) is 5.69 Å². The molecule has 1 aromatic heterocycles. The first-order valence-electron chi connectivity index (χ1n) is 5.03. The fourth-order valence-electron chi connectivity index (χ4n) is 1.42. The topological polar surface area (TPSA) is 94.1 Å². The van der Waals surface area contributed by atoms with Gasteiger partial charge in [0.05, 0.1) is 17.2 Å². The Hall–Kier alpha value is -1.80. The van der Waals surface area contributed by atoms with Crippen molar-refractivity contribution in [3.8, 4) is 5.69 Å². The molecule has 0 saturated heterocycles. The van der Waals surface area contributed by atoms with Gasteiger partial charge in [-0.15, -0.1) is 5.10 Å². The van der Waals surface area contributed by atoms with Crippen molar-refractivity contribution in [2.75, 3.05) is 0 Å². The summed E-state index contributed by atoms with van der Waals surface area (Å²) in [4.78, 5) is 10.5. The minimum Gasteiger partial charge on any atom is -0.387 e. The van der Waals surface area contributed by atoms with E-state index in [0.717, 1.165) is 0 Å². The number of nitro benzene ring substituents is 1. The molecule has 8 heteroatoms. The molecule has 2 rings (SSSR count). The van der Waals surface area contributed by atoms with E-state index in [1.165, 1.54) is 16.9 Å². The van der Waals surface area contributed by atoms with Crippen LogP contribution in [0.5, 0.6) is 0 Å². The molecule has 1 N–H and O–H groups in total. The summed E-state index contributed by atoms with van der Waals surface area (Å²) in [6.07, 6.45) is 0.689. The number of aliphatic hydroxyl groups is 1. The average molecular weight is 313 g/mol. The molecule has 0 aliphatic rings. The van der Waals surface area contributed by atoms with Crippen molar-refractivity contribution in [2.24, 2.45) is 0 Å². The summed E-state index contributed by atoms with van der Waals surface area (Å²) in [5.41, 5.74) is 0.557. The lowest BCUT2D eigenvalue weighted by molar-refractivity contribution is -0.384. The summed E-state index contributed by atoms with van der Waals surface area (Å²) in [6.45, 7) is 1.55. The van der Waals surface area contributed by atoms with Gasteiger partial charge >= 0.3 is 0 Å². The van der Waals surface area contributed by atoms with Crippen molar-refractivity contribution in [3.63, 3.8) is 0 Å². The highest BCUT2D eigenvalue weighted by atomic mass is 79.9. The van der Waals surface area contributed by atoms with Crippen molar-refractivity contribution in [3.05, 3.63) is 44.7 Å². The van der Waals surface area contributed by atoms with Crippen LogP contribution in [0.15, 0.2) is 28.9 Å². The van der Waals surface area contributed by atoms with E-state index >= 15 is 0 Å². The molecule has 18 heavy (non-hydrogen) atoms. The van der Waals surface area contributed by atoms with Gasteiger partial charge in [0, 0.05) is 10.5 Å². The van der Waals surface area contributed by atoms with Crippen molar-refractivity contribution < 1.29 is 10.0 Å². The Balaban J connectivity index is 2.52. The van der Waals surface area contributed by atoms with Gasteiger partial charge in [0.1, 0.15) is 11.4 Å². The number of hydrogen-bond donors (Lipinski definition) is 1. The monoisotopic (exact) mass is 312 g/mol. The van der Waals surface area contributed by atoms with Gasteiger partial charge in [0.25, 0.3) is 5.69 Å². The van der Waals surface area contributed by atoms with E-state index in [1.807, 2.05) is 0 Å². The minimum absolute atomic E-state index is 0.0913. The Morgan fingerprint density at radius 3 is 2.83 bits per heavy atom. The SMILES string of the molecule is CC(O)c1cn(-c2ccc(Br)cc2[N+](=O)[O-])nn1. The van der Waals surface area contributed by atoms with E-state index in [2.05, 4.69) is 26.2 Å². The van der Waals surface area contributed by atoms with Gasteiger partial charge in [-0.1, -0.05) is 21.1 Å². The fourth-order valence-corrected chi connectivity index (χ4v) is 1.77. The highest BCUT2D eigenvalue weighted by Crippen LogP contribution is 2.26. The Kier molecular flexibility index (Phi) is 3.39. The maximum Gasteiger partial charge on any atom is 0.296 e. The number of benzene rings is 1. The van der Waals surface area contributed by atoms with Crippen LogP contribution in [0.4, 0.5) is 5.69 Å². The van der Waals surface area contributed by atoms with Gasteiger partial charge in [-0.2, -0.15) is 0 Å². The number of hydrogen-bond acceptors (Lipinski definition) is 5. The zero-order valence-corrected chi connectivity index (χ0v) is 10.9. The molecule has 1 unspecified atom stereocenters. The third-order valence-electron chi connectivity index (χ3n) is 2.32. The van der Waals surface area contributed by atoms with Crippen LogP contribution in [0.1, 0.15) is 18.7 Å². The van der Waals surface area contributed by atoms with Crippen molar-refractivity contribution >= 4 is 21.6 Å². The van der Waals surface area contributed by atoms with Crippen LogP contribution in [0.2, 0.25) is 0 Å². The number of nitro groups is 1. The number of nitrogens with zero attached hydrogens (tertiary/aromatic N) is 4. The maximum atomic E-state index is 11.0. The molecule has 1 atom stereocenters. The van der Waals surface area contributed by atoms with E-state index < -0.39 is 11.0 Å². The second-order valence-electron chi connectivity index (χ2n) is 3.65. The summed E-state index contributed by atoms with van der Waals surface area (Å²) in [5, 5.41) is 27.8. The molecule has 0 radical (unpaired) electrons. The van der Waals surface area contributed by atoms with Crippen LogP contribution >= 0.6 is 15.9 Å². The highest BCUT2D eigenvalue weighted by molar-refractivity contribution is 9.10. The molecule has 0 aliphatic heterocycles. The Morgan fingerprint density at radius 1 is 1.56 bits per heavy atom. The van der Waals surface area contributed by atoms with Gasteiger partial charge in [-0.05, 0) is 19.1 Å². The zero-order chi connectivity index (χ0) is 13.3. The normalized spacial score (nSPS) is 12.4. The van der Waals surface area contributed by atoms with Gasteiger partial charge in [0.15, 0.2) is 0 Å². The summed E-state index contributed by atoms with van der Waals surface area (Å²) in [5.74, 6) is 0. The molecule has 0 spiro atoms. The lowest BCUT2D eigenvalue weighted by atomic mass is 10.2. The predicted molar refractivity (Wildman–Crippen MR) is 66.3 cm³/mol. The molecule has 94 valence electrons. The molecule has 0 fully saturated rings. The number of halogens is 1. The largest absolute Gasteiger partial charge is 0.387 e. The summed E-state index contributed by atoms with van der Waals surface area (Å²) in [7, 11) is 0. The smallest absolute Gasteiger partial charge is 0.296 e. The van der Waals surface area contributed by atoms with E-state index in [-0.39, 0.29) is 5.69 Å². The summed E-state index contributed by atoms with van der Waals surface area (Å²) < 4.78 is 1.88. The van der Waals surface area contributed by atoms with Crippen molar-refractivity contribution in [2.45, 2.75) is 13.0 Å². The van der Waals surface area contributed by atoms with E-state index in [1.54, 1.807) is 19.1 Å². The predicted octanol–water partition coefficient (Wildman–Crippen LogP) is 1.99. The fraction of sp³-hybridized carbons (Fsp3) is 0.200. The first-order chi connectivity index (χ1) is 8.49.